The monoisotopic (exact) mass is 501 g/mol. The van der Waals surface area contributed by atoms with Gasteiger partial charge in [-0.05, 0) is 42.8 Å². The summed E-state index contributed by atoms with van der Waals surface area (Å²) in [6.45, 7) is 2.02. The summed E-state index contributed by atoms with van der Waals surface area (Å²) in [6, 6.07) is 11.7. The molecule has 0 aliphatic heterocycles. The summed E-state index contributed by atoms with van der Waals surface area (Å²) in [4.78, 5) is 42.8. The minimum absolute atomic E-state index is 0.0217. The number of halogens is 2. The van der Waals surface area contributed by atoms with Crippen LogP contribution in [0.1, 0.15) is 22.8 Å². The second-order valence-corrected chi connectivity index (χ2v) is 8.39. The van der Waals surface area contributed by atoms with Crippen molar-refractivity contribution in [2.45, 2.75) is 13.5 Å². The molecule has 0 aliphatic rings. The largest absolute Gasteiger partial charge is 0.462 e. The van der Waals surface area contributed by atoms with Crippen LogP contribution in [0.5, 0.6) is 0 Å². The first-order valence-corrected chi connectivity index (χ1v) is 11.1. The molecule has 0 atom stereocenters. The molecule has 0 amide bonds. The van der Waals surface area contributed by atoms with Crippen LogP contribution in [0.3, 0.4) is 0 Å². The zero-order valence-electron chi connectivity index (χ0n) is 18.6. The molecule has 1 N–H and O–H groups in total. The molecule has 0 saturated heterocycles. The van der Waals surface area contributed by atoms with Crippen LogP contribution in [-0.2, 0) is 25.4 Å². The molecule has 4 aromatic rings. The highest BCUT2D eigenvalue weighted by Gasteiger charge is 2.19. The van der Waals surface area contributed by atoms with Gasteiger partial charge < -0.3 is 14.6 Å². The zero-order chi connectivity index (χ0) is 24.6. The third-order valence-electron chi connectivity index (χ3n) is 5.31. The Labute approximate surface area is 204 Å². The Morgan fingerprint density at radius 3 is 2.53 bits per heavy atom. The van der Waals surface area contributed by atoms with Crippen LogP contribution in [-0.4, -0.2) is 31.3 Å². The number of aryl methyl sites for hydroxylation is 2. The zero-order valence-corrected chi connectivity index (χ0v) is 20.1. The number of carbonyl (C=O) groups is 1. The van der Waals surface area contributed by atoms with Gasteiger partial charge in [0.1, 0.15) is 0 Å². The molecule has 0 unspecified atom stereocenters. The molecular weight excluding hydrogens is 481 g/mol. The molecule has 34 heavy (non-hydrogen) atoms. The van der Waals surface area contributed by atoms with Gasteiger partial charge in [-0.3, -0.25) is 13.9 Å². The number of benzene rings is 2. The summed E-state index contributed by atoms with van der Waals surface area (Å²) >= 11 is 12.1. The van der Waals surface area contributed by atoms with Gasteiger partial charge in [0.2, 0.25) is 5.95 Å². The predicted molar refractivity (Wildman–Crippen MR) is 131 cm³/mol. The maximum Gasteiger partial charge on any atom is 0.338 e. The Morgan fingerprint density at radius 1 is 1.06 bits per heavy atom. The SMILES string of the molecule is CCOC(=O)c1cccc(Nc2nc3c(c(=O)n(Cc4ccc(Cl)c(Cl)c4)c(=O)n3C)n2C)c1. The van der Waals surface area contributed by atoms with Crippen molar-refractivity contribution in [1.82, 2.24) is 18.7 Å². The van der Waals surface area contributed by atoms with Gasteiger partial charge in [-0.15, -0.1) is 0 Å². The Hall–Kier alpha value is -3.56. The highest BCUT2D eigenvalue weighted by atomic mass is 35.5. The summed E-state index contributed by atoms with van der Waals surface area (Å²) in [6.07, 6.45) is 0. The molecule has 9 nitrogen and oxygen atoms in total. The molecule has 0 spiro atoms. The van der Waals surface area contributed by atoms with Gasteiger partial charge in [0.25, 0.3) is 5.56 Å². The molecule has 11 heteroatoms. The number of anilines is 2. The number of ether oxygens (including phenoxy) is 1. The van der Waals surface area contributed by atoms with Crippen LogP contribution in [0, 0.1) is 0 Å². The van der Waals surface area contributed by atoms with E-state index in [2.05, 4.69) is 10.3 Å². The summed E-state index contributed by atoms with van der Waals surface area (Å²) in [5.41, 5.74) is 1.07. The van der Waals surface area contributed by atoms with E-state index in [-0.39, 0.29) is 24.3 Å². The number of fused-ring (bicyclic) bond motifs is 1. The molecule has 176 valence electrons. The summed E-state index contributed by atoms with van der Waals surface area (Å²) in [7, 11) is 3.22. The fraction of sp³-hybridized carbons (Fsp3) is 0.217. The van der Waals surface area contributed by atoms with Crippen LogP contribution < -0.4 is 16.6 Å². The van der Waals surface area contributed by atoms with E-state index in [4.69, 9.17) is 27.9 Å². The predicted octanol–water partition coefficient (Wildman–Crippen LogP) is 3.71. The first kappa shape index (κ1) is 23.6. The first-order valence-electron chi connectivity index (χ1n) is 10.4. The second kappa shape index (κ2) is 9.36. The van der Waals surface area contributed by atoms with Crippen LogP contribution in [0.15, 0.2) is 52.1 Å². The Bertz CT molecular complexity index is 1540. The average molecular weight is 502 g/mol. The standard InChI is InChI=1S/C23H21Cl2N5O4/c1-4-34-21(32)14-6-5-7-15(11-14)26-22-27-19-18(28(22)2)20(31)30(23(33)29(19)3)12-13-8-9-16(24)17(25)10-13/h5-11H,4,12H2,1-3H3,(H,26,27). The highest BCUT2D eigenvalue weighted by Crippen LogP contribution is 2.23. The number of imidazole rings is 1. The third-order valence-corrected chi connectivity index (χ3v) is 6.05. The molecule has 2 heterocycles. The Kier molecular flexibility index (Phi) is 6.49. The fourth-order valence-corrected chi connectivity index (χ4v) is 3.90. The molecule has 0 saturated carbocycles. The van der Waals surface area contributed by atoms with Crippen LogP contribution in [0.2, 0.25) is 10.0 Å². The van der Waals surface area contributed by atoms with E-state index >= 15 is 0 Å². The Morgan fingerprint density at radius 2 is 1.82 bits per heavy atom. The molecular formula is C23H21Cl2N5O4. The lowest BCUT2D eigenvalue weighted by molar-refractivity contribution is 0.0526. The van der Waals surface area contributed by atoms with Gasteiger partial charge in [0.15, 0.2) is 11.2 Å². The minimum Gasteiger partial charge on any atom is -0.462 e. The first-order chi connectivity index (χ1) is 16.2. The van der Waals surface area contributed by atoms with Crippen LogP contribution >= 0.6 is 23.2 Å². The molecule has 0 aliphatic carbocycles. The van der Waals surface area contributed by atoms with Gasteiger partial charge in [-0.25, -0.2) is 9.59 Å². The number of esters is 1. The Balaban J connectivity index is 1.76. The highest BCUT2D eigenvalue weighted by molar-refractivity contribution is 6.42. The summed E-state index contributed by atoms with van der Waals surface area (Å²) in [5.74, 6) is -0.112. The van der Waals surface area contributed by atoms with Gasteiger partial charge in [0.05, 0.1) is 28.8 Å². The molecule has 2 aromatic heterocycles. The van der Waals surface area contributed by atoms with E-state index in [0.29, 0.717) is 32.8 Å². The topological polar surface area (TPSA) is 100 Å². The molecule has 0 fully saturated rings. The van der Waals surface area contributed by atoms with Gasteiger partial charge in [-0.1, -0.05) is 35.3 Å². The van der Waals surface area contributed by atoms with Crippen molar-refractivity contribution in [2.24, 2.45) is 14.1 Å². The number of nitrogens with zero attached hydrogens (tertiary/aromatic N) is 4. The number of carbonyl (C=O) groups excluding carboxylic acids is 1. The lowest BCUT2D eigenvalue weighted by Crippen LogP contribution is -2.39. The van der Waals surface area contributed by atoms with Gasteiger partial charge in [0, 0.05) is 19.8 Å². The van der Waals surface area contributed by atoms with Crippen molar-refractivity contribution in [3.63, 3.8) is 0 Å². The van der Waals surface area contributed by atoms with E-state index < -0.39 is 17.2 Å². The minimum atomic E-state index is -0.516. The molecule has 2 aromatic carbocycles. The average Bonchev–Trinajstić information content (AvgIpc) is 3.14. The van der Waals surface area contributed by atoms with Crippen molar-refractivity contribution in [3.05, 3.63) is 84.5 Å². The van der Waals surface area contributed by atoms with E-state index in [9.17, 15) is 14.4 Å². The van der Waals surface area contributed by atoms with Crippen molar-refractivity contribution in [1.29, 1.82) is 0 Å². The number of aromatic nitrogens is 4. The number of nitrogens with one attached hydrogen (secondary N) is 1. The normalized spacial score (nSPS) is 11.1. The van der Waals surface area contributed by atoms with Gasteiger partial charge in [-0.2, -0.15) is 4.98 Å². The maximum atomic E-state index is 13.3. The van der Waals surface area contributed by atoms with Crippen molar-refractivity contribution < 1.29 is 9.53 Å². The molecule has 4 rings (SSSR count). The van der Waals surface area contributed by atoms with Gasteiger partial charge >= 0.3 is 11.7 Å². The number of rotatable bonds is 6. The number of hydrogen-bond donors (Lipinski definition) is 1. The molecule has 0 bridgehead atoms. The fourth-order valence-electron chi connectivity index (χ4n) is 3.58. The smallest absolute Gasteiger partial charge is 0.338 e. The van der Waals surface area contributed by atoms with Crippen LogP contribution in [0.4, 0.5) is 11.6 Å². The summed E-state index contributed by atoms with van der Waals surface area (Å²) in [5, 5.41) is 3.82. The van der Waals surface area contributed by atoms with Crippen molar-refractivity contribution in [3.8, 4) is 0 Å². The van der Waals surface area contributed by atoms with E-state index in [1.54, 1.807) is 68.1 Å². The number of hydrogen-bond acceptors (Lipinski definition) is 6. The van der Waals surface area contributed by atoms with Crippen LogP contribution in [0.25, 0.3) is 11.2 Å². The van der Waals surface area contributed by atoms with Crippen molar-refractivity contribution >= 4 is 52.0 Å². The maximum absolute atomic E-state index is 13.3. The lowest BCUT2D eigenvalue weighted by Gasteiger charge is -2.10. The lowest BCUT2D eigenvalue weighted by atomic mass is 10.2. The molecule has 0 radical (unpaired) electrons. The second-order valence-electron chi connectivity index (χ2n) is 7.57. The van der Waals surface area contributed by atoms with E-state index in [1.807, 2.05) is 0 Å². The quantitative estimate of drug-likeness (QED) is 0.404. The summed E-state index contributed by atoms with van der Waals surface area (Å²) < 4.78 is 9.04. The van der Waals surface area contributed by atoms with E-state index in [1.165, 1.54) is 4.57 Å². The third kappa shape index (κ3) is 4.32. The van der Waals surface area contributed by atoms with Crippen molar-refractivity contribution in [2.75, 3.05) is 11.9 Å². The van der Waals surface area contributed by atoms with E-state index in [0.717, 1.165) is 4.57 Å².